The number of nitrogens with one attached hydrogen (secondary N) is 1. The number of rotatable bonds is 4. The summed E-state index contributed by atoms with van der Waals surface area (Å²) >= 11 is 0. The van der Waals surface area contributed by atoms with Crippen LogP contribution in [0.2, 0.25) is 0 Å². The zero-order valence-electron chi connectivity index (χ0n) is 7.94. The van der Waals surface area contributed by atoms with E-state index in [4.69, 9.17) is 0 Å². The molecule has 0 saturated carbocycles. The number of carbonyl (C=O) groups excluding carboxylic acids is 1. The second-order valence-corrected chi connectivity index (χ2v) is 2.59. The summed E-state index contributed by atoms with van der Waals surface area (Å²) in [7, 11) is 1.21. The highest BCUT2D eigenvalue weighted by molar-refractivity contribution is 5.71. The van der Waals surface area contributed by atoms with Crippen molar-refractivity contribution in [3.63, 3.8) is 0 Å². The largest absolute Gasteiger partial charge is 0.468 e. The van der Waals surface area contributed by atoms with E-state index < -0.39 is 17.7 Å². The molecule has 0 aromatic carbocycles. The SMILES string of the molecule is COC(=O)CNCC=C(C)C(F)(F)F. The van der Waals surface area contributed by atoms with Crippen molar-refractivity contribution in [2.45, 2.75) is 13.1 Å². The molecule has 0 amide bonds. The van der Waals surface area contributed by atoms with Gasteiger partial charge in [-0.1, -0.05) is 6.08 Å². The quantitative estimate of drug-likeness (QED) is 0.432. The fourth-order valence-electron chi connectivity index (χ4n) is 0.587. The lowest BCUT2D eigenvalue weighted by atomic mass is 10.3. The third-order valence-corrected chi connectivity index (χ3v) is 1.50. The number of alkyl halides is 3. The number of hydrogen-bond acceptors (Lipinski definition) is 3. The van der Waals surface area contributed by atoms with Crippen LogP contribution in [-0.2, 0) is 9.53 Å². The molecule has 0 bridgehead atoms. The lowest BCUT2D eigenvalue weighted by molar-refractivity contribution is -0.139. The summed E-state index contributed by atoms with van der Waals surface area (Å²) in [4.78, 5) is 10.5. The molecule has 82 valence electrons. The van der Waals surface area contributed by atoms with Crippen LogP contribution in [0.25, 0.3) is 0 Å². The Morgan fingerprint density at radius 1 is 1.50 bits per heavy atom. The molecule has 0 aliphatic carbocycles. The summed E-state index contributed by atoms with van der Waals surface area (Å²) in [6, 6.07) is 0. The third kappa shape index (κ3) is 5.58. The Morgan fingerprint density at radius 2 is 2.07 bits per heavy atom. The zero-order chi connectivity index (χ0) is 11.2. The second kappa shape index (κ2) is 5.64. The zero-order valence-corrected chi connectivity index (χ0v) is 7.94. The molecular formula is C8H12F3NO2. The van der Waals surface area contributed by atoms with Gasteiger partial charge in [0.25, 0.3) is 0 Å². The van der Waals surface area contributed by atoms with Gasteiger partial charge in [0, 0.05) is 12.1 Å². The van der Waals surface area contributed by atoms with Crippen LogP contribution in [0.5, 0.6) is 0 Å². The second-order valence-electron chi connectivity index (χ2n) is 2.59. The van der Waals surface area contributed by atoms with E-state index in [0.29, 0.717) is 0 Å². The number of methoxy groups -OCH3 is 1. The molecule has 0 aliphatic heterocycles. The van der Waals surface area contributed by atoms with Gasteiger partial charge in [-0.2, -0.15) is 13.2 Å². The first kappa shape index (κ1) is 13.0. The van der Waals surface area contributed by atoms with Gasteiger partial charge in [-0.05, 0) is 6.92 Å². The maximum absolute atomic E-state index is 11.9. The van der Waals surface area contributed by atoms with Crippen molar-refractivity contribution in [3.05, 3.63) is 11.6 Å². The lowest BCUT2D eigenvalue weighted by Crippen LogP contribution is -2.24. The Morgan fingerprint density at radius 3 is 2.50 bits per heavy atom. The van der Waals surface area contributed by atoms with Gasteiger partial charge in [0.15, 0.2) is 0 Å². The van der Waals surface area contributed by atoms with E-state index >= 15 is 0 Å². The van der Waals surface area contributed by atoms with Crippen molar-refractivity contribution in [1.82, 2.24) is 5.32 Å². The maximum Gasteiger partial charge on any atom is 0.412 e. The number of hydrogen-bond donors (Lipinski definition) is 1. The highest BCUT2D eigenvalue weighted by Gasteiger charge is 2.29. The molecule has 1 N–H and O–H groups in total. The average molecular weight is 211 g/mol. The highest BCUT2D eigenvalue weighted by Crippen LogP contribution is 2.24. The first-order valence-electron chi connectivity index (χ1n) is 3.89. The molecular weight excluding hydrogens is 199 g/mol. The first-order chi connectivity index (χ1) is 6.38. The Kier molecular flexibility index (Phi) is 5.22. The van der Waals surface area contributed by atoms with Crippen LogP contribution < -0.4 is 5.32 Å². The van der Waals surface area contributed by atoms with Crippen molar-refractivity contribution in [1.29, 1.82) is 0 Å². The van der Waals surface area contributed by atoms with Gasteiger partial charge >= 0.3 is 12.1 Å². The predicted octanol–water partition coefficient (Wildman–Crippen LogP) is 1.26. The van der Waals surface area contributed by atoms with Crippen LogP contribution in [0.3, 0.4) is 0 Å². The van der Waals surface area contributed by atoms with Crippen molar-refractivity contribution in [2.75, 3.05) is 20.2 Å². The molecule has 0 rings (SSSR count). The van der Waals surface area contributed by atoms with E-state index in [1.807, 2.05) is 0 Å². The Balaban J connectivity index is 3.78. The van der Waals surface area contributed by atoms with Crippen LogP contribution in [0.4, 0.5) is 13.2 Å². The molecule has 0 fully saturated rings. The van der Waals surface area contributed by atoms with Crippen molar-refractivity contribution in [3.8, 4) is 0 Å². The van der Waals surface area contributed by atoms with Gasteiger partial charge in [0.1, 0.15) is 0 Å². The molecule has 0 aromatic rings. The van der Waals surface area contributed by atoms with Gasteiger partial charge in [0.05, 0.1) is 13.7 Å². The molecule has 0 unspecified atom stereocenters. The summed E-state index contributed by atoms with van der Waals surface area (Å²) in [6.07, 6.45) is -3.32. The fourth-order valence-corrected chi connectivity index (χ4v) is 0.587. The predicted molar refractivity (Wildman–Crippen MR) is 44.7 cm³/mol. The molecule has 6 heteroatoms. The van der Waals surface area contributed by atoms with Gasteiger partial charge < -0.3 is 10.1 Å². The topological polar surface area (TPSA) is 38.3 Å². The molecule has 0 saturated heterocycles. The van der Waals surface area contributed by atoms with E-state index in [-0.39, 0.29) is 13.1 Å². The van der Waals surface area contributed by atoms with Gasteiger partial charge in [0.2, 0.25) is 0 Å². The molecule has 3 nitrogen and oxygen atoms in total. The number of halogens is 3. The maximum atomic E-state index is 11.9. The third-order valence-electron chi connectivity index (χ3n) is 1.50. The van der Waals surface area contributed by atoms with E-state index in [1.54, 1.807) is 0 Å². The van der Waals surface area contributed by atoms with Crippen molar-refractivity contribution >= 4 is 5.97 Å². The average Bonchev–Trinajstić information content (AvgIpc) is 2.09. The van der Waals surface area contributed by atoms with E-state index in [1.165, 1.54) is 7.11 Å². The van der Waals surface area contributed by atoms with E-state index in [9.17, 15) is 18.0 Å². The Hall–Kier alpha value is -1.04. The molecule has 0 heterocycles. The van der Waals surface area contributed by atoms with Gasteiger partial charge in [-0.3, -0.25) is 4.79 Å². The van der Waals surface area contributed by atoms with Crippen LogP contribution in [0.1, 0.15) is 6.92 Å². The van der Waals surface area contributed by atoms with E-state index in [0.717, 1.165) is 13.0 Å². The normalized spacial score (nSPS) is 12.8. The fraction of sp³-hybridized carbons (Fsp3) is 0.625. The van der Waals surface area contributed by atoms with Crippen LogP contribution in [0.15, 0.2) is 11.6 Å². The smallest absolute Gasteiger partial charge is 0.412 e. The van der Waals surface area contributed by atoms with Gasteiger partial charge in [-0.25, -0.2) is 0 Å². The van der Waals surface area contributed by atoms with Crippen LogP contribution in [0, 0.1) is 0 Å². The number of allylic oxidation sites excluding steroid dienone is 1. The monoisotopic (exact) mass is 211 g/mol. The van der Waals surface area contributed by atoms with Crippen LogP contribution >= 0.6 is 0 Å². The minimum Gasteiger partial charge on any atom is -0.468 e. The minimum absolute atomic E-state index is 0.0134. The summed E-state index contributed by atoms with van der Waals surface area (Å²) in [5, 5.41) is 2.49. The number of esters is 1. The van der Waals surface area contributed by atoms with E-state index in [2.05, 4.69) is 10.1 Å². The summed E-state index contributed by atoms with van der Waals surface area (Å²) in [5.41, 5.74) is -0.685. The van der Waals surface area contributed by atoms with Crippen molar-refractivity contribution in [2.24, 2.45) is 0 Å². The highest BCUT2D eigenvalue weighted by atomic mass is 19.4. The first-order valence-corrected chi connectivity index (χ1v) is 3.89. The number of ether oxygens (including phenoxy) is 1. The summed E-state index contributed by atoms with van der Waals surface area (Å²) in [5.74, 6) is -0.511. The van der Waals surface area contributed by atoms with Crippen LogP contribution in [-0.4, -0.2) is 32.3 Å². The molecule has 0 spiro atoms. The number of carbonyl (C=O) groups is 1. The molecule has 0 aromatic heterocycles. The molecule has 0 radical (unpaired) electrons. The Labute approximate surface area is 79.9 Å². The molecule has 14 heavy (non-hydrogen) atoms. The molecule has 0 aliphatic rings. The lowest BCUT2D eigenvalue weighted by Gasteiger charge is -2.06. The van der Waals surface area contributed by atoms with Gasteiger partial charge in [-0.15, -0.1) is 0 Å². The minimum atomic E-state index is -4.30. The van der Waals surface area contributed by atoms with Crippen molar-refractivity contribution < 1.29 is 22.7 Å². The summed E-state index contributed by atoms with van der Waals surface area (Å²) < 4.78 is 40.0. The summed E-state index contributed by atoms with van der Waals surface area (Å²) in [6.45, 7) is 0.860. The molecule has 0 atom stereocenters. The standard InChI is InChI=1S/C8H12F3NO2/c1-6(8(9,10)11)3-4-12-5-7(13)14-2/h3,12H,4-5H2,1-2H3. The Bertz CT molecular complexity index is 223.